The largest absolute Gasteiger partial charge is 0.497 e. The molecule has 3 aromatic rings. The van der Waals surface area contributed by atoms with Crippen molar-refractivity contribution in [3.63, 3.8) is 0 Å². The smallest absolute Gasteiger partial charge is 0.354 e. The standard InChI is InChI=1S/C23H26N2O7S/c1-14-20(15(2)24-21(14)23(27)31-5)22(26)16(3)25(13-18-7-6-12-32-18)33(28,29)19-10-8-17(30-4)9-11-19/h6-12,16,24H,13H2,1-5H3. The fourth-order valence-corrected chi connectivity index (χ4v) is 5.19. The Bertz CT molecular complexity index is 1240. The number of carbonyl (C=O) groups excluding carboxylic acids is 2. The van der Waals surface area contributed by atoms with Gasteiger partial charge < -0.3 is 18.9 Å². The van der Waals surface area contributed by atoms with E-state index in [4.69, 9.17) is 13.9 Å². The number of aryl methyl sites for hydroxylation is 1. The van der Waals surface area contributed by atoms with Crippen molar-refractivity contribution in [1.29, 1.82) is 0 Å². The molecule has 0 aliphatic carbocycles. The number of esters is 1. The van der Waals surface area contributed by atoms with E-state index in [0.29, 0.717) is 22.8 Å². The molecular weight excluding hydrogens is 448 g/mol. The Morgan fingerprint density at radius 2 is 1.79 bits per heavy atom. The van der Waals surface area contributed by atoms with Crippen LogP contribution in [0.2, 0.25) is 0 Å². The number of H-pyrrole nitrogens is 1. The molecular formula is C23H26N2O7S. The maximum absolute atomic E-state index is 13.6. The highest BCUT2D eigenvalue weighted by Crippen LogP contribution is 2.27. The van der Waals surface area contributed by atoms with Gasteiger partial charge in [0.15, 0.2) is 5.78 Å². The van der Waals surface area contributed by atoms with E-state index in [1.165, 1.54) is 51.7 Å². The number of nitrogens with one attached hydrogen (secondary N) is 1. The van der Waals surface area contributed by atoms with Gasteiger partial charge in [-0.15, -0.1) is 0 Å². The summed E-state index contributed by atoms with van der Waals surface area (Å²) >= 11 is 0. The average Bonchev–Trinajstić information content (AvgIpc) is 3.43. The first-order chi connectivity index (χ1) is 15.6. The number of aromatic nitrogens is 1. The highest BCUT2D eigenvalue weighted by atomic mass is 32.2. The van der Waals surface area contributed by atoms with Crippen molar-refractivity contribution in [1.82, 2.24) is 9.29 Å². The van der Waals surface area contributed by atoms with Gasteiger partial charge >= 0.3 is 5.97 Å². The quantitative estimate of drug-likeness (QED) is 0.372. The summed E-state index contributed by atoms with van der Waals surface area (Å²) in [5.41, 5.74) is 1.25. The van der Waals surface area contributed by atoms with Crippen molar-refractivity contribution in [3.05, 3.63) is 70.9 Å². The summed E-state index contributed by atoms with van der Waals surface area (Å²) in [5.74, 6) is -0.185. The minimum absolute atomic E-state index is 0.00673. The first kappa shape index (κ1) is 24.3. The molecule has 0 saturated heterocycles. The van der Waals surface area contributed by atoms with E-state index in [-0.39, 0.29) is 22.7 Å². The second kappa shape index (κ2) is 9.63. The highest BCUT2D eigenvalue weighted by Gasteiger charge is 2.36. The number of sulfonamides is 1. The number of aromatic amines is 1. The molecule has 0 amide bonds. The molecule has 176 valence electrons. The zero-order valence-electron chi connectivity index (χ0n) is 19.0. The van der Waals surface area contributed by atoms with Crippen LogP contribution in [-0.4, -0.2) is 49.7 Å². The molecule has 3 rings (SSSR count). The molecule has 33 heavy (non-hydrogen) atoms. The fourth-order valence-electron chi connectivity index (χ4n) is 3.63. The van der Waals surface area contributed by atoms with Crippen LogP contribution in [0.15, 0.2) is 52.0 Å². The van der Waals surface area contributed by atoms with Crippen molar-refractivity contribution in [2.24, 2.45) is 0 Å². The number of benzene rings is 1. The van der Waals surface area contributed by atoms with Crippen LogP contribution < -0.4 is 4.74 Å². The number of hydrogen-bond donors (Lipinski definition) is 1. The maximum Gasteiger partial charge on any atom is 0.354 e. The number of nitrogens with zero attached hydrogens (tertiary/aromatic N) is 1. The van der Waals surface area contributed by atoms with E-state index < -0.39 is 27.8 Å². The predicted molar refractivity (Wildman–Crippen MR) is 120 cm³/mol. The Labute approximate surface area is 192 Å². The number of ketones is 1. The van der Waals surface area contributed by atoms with Gasteiger partial charge in [0.2, 0.25) is 10.0 Å². The number of Topliss-reactive ketones (excluding diaryl/α,β-unsaturated/α-hetero) is 1. The van der Waals surface area contributed by atoms with Crippen LogP contribution in [0.3, 0.4) is 0 Å². The lowest BCUT2D eigenvalue weighted by Crippen LogP contribution is -2.43. The lowest BCUT2D eigenvalue weighted by Gasteiger charge is -2.27. The number of rotatable bonds is 9. The van der Waals surface area contributed by atoms with Crippen molar-refractivity contribution < 1.29 is 31.9 Å². The second-order valence-corrected chi connectivity index (χ2v) is 9.35. The van der Waals surface area contributed by atoms with E-state index in [9.17, 15) is 18.0 Å². The number of methoxy groups -OCH3 is 2. The third kappa shape index (κ3) is 4.71. The number of hydrogen-bond acceptors (Lipinski definition) is 7. The van der Waals surface area contributed by atoms with Crippen molar-refractivity contribution in [2.75, 3.05) is 14.2 Å². The third-order valence-electron chi connectivity index (χ3n) is 5.44. The first-order valence-electron chi connectivity index (χ1n) is 10.1. The summed E-state index contributed by atoms with van der Waals surface area (Å²) in [7, 11) is -1.37. The van der Waals surface area contributed by atoms with Crippen LogP contribution in [0.25, 0.3) is 0 Å². The van der Waals surface area contributed by atoms with Crippen LogP contribution in [0.5, 0.6) is 5.75 Å². The van der Waals surface area contributed by atoms with Gasteiger partial charge in [0.1, 0.15) is 17.2 Å². The Morgan fingerprint density at radius 1 is 1.12 bits per heavy atom. The predicted octanol–water partition coefficient (Wildman–Crippen LogP) is 3.48. The zero-order chi connectivity index (χ0) is 24.3. The Hall–Kier alpha value is -3.37. The minimum Gasteiger partial charge on any atom is -0.497 e. The lowest BCUT2D eigenvalue weighted by molar-refractivity contribution is 0.0593. The fraction of sp³-hybridized carbons (Fsp3) is 0.304. The Morgan fingerprint density at radius 3 is 2.33 bits per heavy atom. The number of carbonyl (C=O) groups is 2. The van der Waals surface area contributed by atoms with E-state index in [1.54, 1.807) is 26.0 Å². The van der Waals surface area contributed by atoms with E-state index in [1.807, 2.05) is 0 Å². The Kier molecular flexibility index (Phi) is 7.09. The van der Waals surface area contributed by atoms with Gasteiger partial charge in [-0.05, 0) is 62.7 Å². The molecule has 2 heterocycles. The van der Waals surface area contributed by atoms with E-state index in [2.05, 4.69) is 4.98 Å². The van der Waals surface area contributed by atoms with Crippen molar-refractivity contribution >= 4 is 21.8 Å². The zero-order valence-corrected chi connectivity index (χ0v) is 19.9. The van der Waals surface area contributed by atoms with Crippen LogP contribution in [0.1, 0.15) is 44.8 Å². The van der Waals surface area contributed by atoms with Crippen molar-refractivity contribution in [3.8, 4) is 5.75 Å². The van der Waals surface area contributed by atoms with Gasteiger partial charge in [0.05, 0.1) is 38.0 Å². The van der Waals surface area contributed by atoms with Crippen LogP contribution in [-0.2, 0) is 21.3 Å². The summed E-state index contributed by atoms with van der Waals surface area (Å²) < 4.78 is 43.5. The normalized spacial score (nSPS) is 12.5. The maximum atomic E-state index is 13.6. The molecule has 1 atom stereocenters. The van der Waals surface area contributed by atoms with Crippen molar-refractivity contribution in [2.45, 2.75) is 38.3 Å². The summed E-state index contributed by atoms with van der Waals surface area (Å²) in [6.07, 6.45) is 1.43. The molecule has 1 unspecified atom stereocenters. The van der Waals surface area contributed by atoms with Crippen LogP contribution in [0.4, 0.5) is 0 Å². The first-order valence-corrected chi connectivity index (χ1v) is 11.6. The van der Waals surface area contributed by atoms with E-state index >= 15 is 0 Å². The molecule has 10 heteroatoms. The molecule has 2 aromatic heterocycles. The third-order valence-corrected chi connectivity index (χ3v) is 7.37. The molecule has 0 fully saturated rings. The monoisotopic (exact) mass is 474 g/mol. The molecule has 1 N–H and O–H groups in total. The molecule has 0 bridgehead atoms. The van der Waals surface area contributed by atoms with Gasteiger partial charge in [-0.2, -0.15) is 4.31 Å². The molecule has 0 saturated carbocycles. The molecule has 0 spiro atoms. The highest BCUT2D eigenvalue weighted by molar-refractivity contribution is 7.89. The van der Waals surface area contributed by atoms with E-state index in [0.717, 1.165) is 4.31 Å². The summed E-state index contributed by atoms with van der Waals surface area (Å²) in [6, 6.07) is 8.09. The second-order valence-electron chi connectivity index (χ2n) is 7.46. The van der Waals surface area contributed by atoms with Gasteiger partial charge in [0.25, 0.3) is 0 Å². The minimum atomic E-state index is -4.10. The van der Waals surface area contributed by atoms with Crippen LogP contribution in [0, 0.1) is 13.8 Å². The lowest BCUT2D eigenvalue weighted by atomic mass is 10.0. The Balaban J connectivity index is 2.05. The molecule has 9 nitrogen and oxygen atoms in total. The number of ether oxygens (including phenoxy) is 2. The molecule has 1 aromatic carbocycles. The van der Waals surface area contributed by atoms with Gasteiger partial charge in [-0.3, -0.25) is 4.79 Å². The molecule has 0 aliphatic rings. The van der Waals surface area contributed by atoms with Gasteiger partial charge in [-0.25, -0.2) is 13.2 Å². The average molecular weight is 475 g/mol. The SMILES string of the molecule is COC(=O)c1[nH]c(C)c(C(=O)C(C)N(Cc2ccco2)S(=O)(=O)c2ccc(OC)cc2)c1C. The summed E-state index contributed by atoms with van der Waals surface area (Å²) in [5, 5.41) is 0. The van der Waals surface area contributed by atoms with Gasteiger partial charge in [0, 0.05) is 11.3 Å². The van der Waals surface area contributed by atoms with Crippen LogP contribution >= 0.6 is 0 Å². The molecule has 0 radical (unpaired) electrons. The molecule has 0 aliphatic heterocycles. The summed E-state index contributed by atoms with van der Waals surface area (Å²) in [6.45, 7) is 4.62. The summed E-state index contributed by atoms with van der Waals surface area (Å²) in [4.78, 5) is 28.4. The van der Waals surface area contributed by atoms with Gasteiger partial charge in [-0.1, -0.05) is 0 Å². The topological polar surface area (TPSA) is 119 Å². The number of furan rings is 1.